The lowest BCUT2D eigenvalue weighted by Crippen LogP contribution is -2.41. The number of benzene rings is 2. The van der Waals surface area contributed by atoms with Gasteiger partial charge in [0, 0.05) is 19.4 Å². The molecule has 140 valence electrons. The van der Waals surface area contributed by atoms with Crippen molar-refractivity contribution in [3.63, 3.8) is 0 Å². The van der Waals surface area contributed by atoms with Crippen molar-refractivity contribution >= 4 is 34.8 Å². The predicted octanol–water partition coefficient (Wildman–Crippen LogP) is 2.79. The molecule has 1 heterocycles. The van der Waals surface area contributed by atoms with Crippen molar-refractivity contribution in [3.8, 4) is 5.75 Å². The summed E-state index contributed by atoms with van der Waals surface area (Å²) >= 11 is 0. The number of ether oxygens (including phenoxy) is 1. The van der Waals surface area contributed by atoms with Gasteiger partial charge < -0.3 is 20.3 Å². The molecule has 0 spiro atoms. The number of amides is 3. The largest absolute Gasteiger partial charge is 0.482 e. The maximum Gasteiger partial charge on any atom is 0.265 e. The SMILES string of the molecule is CC(=O)Nc1ccccc1OCC(=O)N1c2ccccc2NC(=O)CC1C. The maximum absolute atomic E-state index is 12.9. The Balaban J connectivity index is 1.80. The molecule has 0 fully saturated rings. The fraction of sp³-hybridized carbons (Fsp3) is 0.250. The molecule has 0 saturated carbocycles. The molecular formula is C20H21N3O4. The van der Waals surface area contributed by atoms with Gasteiger partial charge in [0.15, 0.2) is 6.61 Å². The summed E-state index contributed by atoms with van der Waals surface area (Å²) in [6.45, 7) is 3.01. The van der Waals surface area contributed by atoms with Gasteiger partial charge in [-0.15, -0.1) is 0 Å². The van der Waals surface area contributed by atoms with E-state index in [2.05, 4.69) is 10.6 Å². The zero-order chi connectivity index (χ0) is 19.4. The highest BCUT2D eigenvalue weighted by atomic mass is 16.5. The van der Waals surface area contributed by atoms with Crippen LogP contribution in [0.25, 0.3) is 0 Å². The van der Waals surface area contributed by atoms with Crippen LogP contribution in [0.1, 0.15) is 20.3 Å². The summed E-state index contributed by atoms with van der Waals surface area (Å²) in [5.41, 5.74) is 1.73. The van der Waals surface area contributed by atoms with Gasteiger partial charge in [0.1, 0.15) is 5.75 Å². The fourth-order valence-corrected chi connectivity index (χ4v) is 3.06. The quantitative estimate of drug-likeness (QED) is 0.870. The smallest absolute Gasteiger partial charge is 0.265 e. The van der Waals surface area contributed by atoms with Crippen molar-refractivity contribution in [1.82, 2.24) is 0 Å². The standard InChI is InChI=1S/C20H21N3O4/c1-13-11-19(25)22-15-7-3-5-9-17(15)23(13)20(26)12-27-18-10-6-4-8-16(18)21-14(2)24/h3-10,13H,11-12H2,1-2H3,(H,21,24)(H,22,25). The lowest BCUT2D eigenvalue weighted by atomic mass is 10.1. The van der Waals surface area contributed by atoms with Crippen LogP contribution in [0.4, 0.5) is 17.1 Å². The first-order valence-electron chi connectivity index (χ1n) is 8.66. The van der Waals surface area contributed by atoms with Crippen LogP contribution in [-0.2, 0) is 14.4 Å². The zero-order valence-electron chi connectivity index (χ0n) is 15.2. The van der Waals surface area contributed by atoms with Crippen LogP contribution < -0.4 is 20.3 Å². The van der Waals surface area contributed by atoms with E-state index in [0.717, 1.165) is 0 Å². The molecular weight excluding hydrogens is 346 g/mol. The highest BCUT2D eigenvalue weighted by Gasteiger charge is 2.29. The highest BCUT2D eigenvalue weighted by Crippen LogP contribution is 2.31. The van der Waals surface area contributed by atoms with E-state index in [9.17, 15) is 14.4 Å². The van der Waals surface area contributed by atoms with Crippen molar-refractivity contribution in [2.45, 2.75) is 26.3 Å². The molecule has 0 saturated heterocycles. The zero-order valence-corrected chi connectivity index (χ0v) is 15.2. The number of rotatable bonds is 4. The van der Waals surface area contributed by atoms with Gasteiger partial charge in [0.2, 0.25) is 11.8 Å². The van der Waals surface area contributed by atoms with Gasteiger partial charge in [-0.3, -0.25) is 14.4 Å². The molecule has 3 rings (SSSR count). The van der Waals surface area contributed by atoms with Crippen LogP contribution in [0.5, 0.6) is 5.75 Å². The summed E-state index contributed by atoms with van der Waals surface area (Å²) in [4.78, 5) is 37.8. The van der Waals surface area contributed by atoms with Crippen molar-refractivity contribution < 1.29 is 19.1 Å². The summed E-state index contributed by atoms with van der Waals surface area (Å²) in [7, 11) is 0. The number of fused-ring (bicyclic) bond motifs is 1. The van der Waals surface area contributed by atoms with E-state index in [1.54, 1.807) is 47.4 Å². The first-order chi connectivity index (χ1) is 13.0. The van der Waals surface area contributed by atoms with Crippen LogP contribution in [-0.4, -0.2) is 30.4 Å². The number of nitrogens with one attached hydrogen (secondary N) is 2. The average Bonchev–Trinajstić information content (AvgIpc) is 2.74. The number of carbonyl (C=O) groups is 3. The minimum absolute atomic E-state index is 0.137. The second kappa shape index (κ2) is 7.90. The molecule has 7 nitrogen and oxygen atoms in total. The Hall–Kier alpha value is -3.35. The summed E-state index contributed by atoms with van der Waals surface area (Å²) in [5, 5.41) is 5.49. The second-order valence-electron chi connectivity index (χ2n) is 6.35. The van der Waals surface area contributed by atoms with E-state index < -0.39 is 0 Å². The van der Waals surface area contributed by atoms with Crippen molar-refractivity contribution in [1.29, 1.82) is 0 Å². The Kier molecular flexibility index (Phi) is 5.40. The lowest BCUT2D eigenvalue weighted by molar-refractivity contribution is -0.121. The van der Waals surface area contributed by atoms with E-state index in [0.29, 0.717) is 22.8 Å². The van der Waals surface area contributed by atoms with Crippen LogP contribution in [0.15, 0.2) is 48.5 Å². The second-order valence-corrected chi connectivity index (χ2v) is 6.35. The molecule has 2 aromatic carbocycles. The molecule has 2 aromatic rings. The molecule has 1 aliphatic heterocycles. The topological polar surface area (TPSA) is 87.7 Å². The van der Waals surface area contributed by atoms with E-state index in [-0.39, 0.29) is 36.8 Å². The Morgan fingerprint density at radius 3 is 2.67 bits per heavy atom. The molecule has 0 aliphatic carbocycles. The summed E-state index contributed by atoms with van der Waals surface area (Å²) in [6.07, 6.45) is 0.197. The molecule has 0 bridgehead atoms. The number of hydrogen-bond donors (Lipinski definition) is 2. The van der Waals surface area contributed by atoms with Gasteiger partial charge >= 0.3 is 0 Å². The molecule has 27 heavy (non-hydrogen) atoms. The molecule has 1 aliphatic rings. The van der Waals surface area contributed by atoms with Crippen molar-refractivity contribution in [3.05, 3.63) is 48.5 Å². The van der Waals surface area contributed by atoms with Crippen molar-refractivity contribution in [2.24, 2.45) is 0 Å². The first kappa shape index (κ1) is 18.4. The molecule has 2 N–H and O–H groups in total. The molecule has 0 radical (unpaired) electrons. The highest BCUT2D eigenvalue weighted by molar-refractivity contribution is 6.04. The molecule has 1 unspecified atom stereocenters. The van der Waals surface area contributed by atoms with Gasteiger partial charge in [-0.25, -0.2) is 0 Å². The van der Waals surface area contributed by atoms with Crippen LogP contribution in [0.2, 0.25) is 0 Å². The van der Waals surface area contributed by atoms with E-state index in [1.165, 1.54) is 6.92 Å². The average molecular weight is 367 g/mol. The number of carbonyl (C=O) groups excluding carboxylic acids is 3. The Bertz CT molecular complexity index is 881. The Labute approximate surface area is 157 Å². The first-order valence-corrected chi connectivity index (χ1v) is 8.66. The number of hydrogen-bond acceptors (Lipinski definition) is 4. The van der Waals surface area contributed by atoms with Gasteiger partial charge in [-0.05, 0) is 31.2 Å². The predicted molar refractivity (Wildman–Crippen MR) is 103 cm³/mol. The summed E-state index contributed by atoms with van der Waals surface area (Å²) in [6, 6.07) is 13.8. The number of nitrogens with zero attached hydrogens (tertiary/aromatic N) is 1. The van der Waals surface area contributed by atoms with Crippen LogP contribution in [0.3, 0.4) is 0 Å². The normalized spacial score (nSPS) is 16.0. The van der Waals surface area contributed by atoms with Crippen molar-refractivity contribution in [2.75, 3.05) is 22.1 Å². The third-order valence-corrected chi connectivity index (χ3v) is 4.18. The summed E-state index contributed by atoms with van der Waals surface area (Å²) in [5.74, 6) is -0.228. The lowest BCUT2D eigenvalue weighted by Gasteiger charge is -2.28. The Morgan fingerprint density at radius 1 is 1.19 bits per heavy atom. The summed E-state index contributed by atoms with van der Waals surface area (Å²) < 4.78 is 5.67. The van der Waals surface area contributed by atoms with E-state index >= 15 is 0 Å². The molecule has 0 aromatic heterocycles. The maximum atomic E-state index is 12.9. The molecule has 7 heteroatoms. The van der Waals surface area contributed by atoms with E-state index in [4.69, 9.17) is 4.74 Å². The third kappa shape index (κ3) is 4.25. The molecule has 1 atom stereocenters. The van der Waals surface area contributed by atoms with Gasteiger partial charge in [0.05, 0.1) is 17.1 Å². The van der Waals surface area contributed by atoms with Crippen LogP contribution >= 0.6 is 0 Å². The minimum Gasteiger partial charge on any atom is -0.482 e. The Morgan fingerprint density at radius 2 is 1.89 bits per heavy atom. The minimum atomic E-state index is -0.310. The fourth-order valence-electron chi connectivity index (χ4n) is 3.06. The van der Waals surface area contributed by atoms with Gasteiger partial charge in [0.25, 0.3) is 5.91 Å². The van der Waals surface area contributed by atoms with E-state index in [1.807, 2.05) is 13.0 Å². The van der Waals surface area contributed by atoms with Gasteiger partial charge in [-0.1, -0.05) is 24.3 Å². The third-order valence-electron chi connectivity index (χ3n) is 4.18. The van der Waals surface area contributed by atoms with Crippen LogP contribution in [0, 0.1) is 0 Å². The number of para-hydroxylation sites is 4. The number of anilines is 3. The molecule has 3 amide bonds. The monoisotopic (exact) mass is 367 g/mol. The van der Waals surface area contributed by atoms with Gasteiger partial charge in [-0.2, -0.15) is 0 Å².